The summed E-state index contributed by atoms with van der Waals surface area (Å²) >= 11 is 0. The Kier molecular flexibility index (Phi) is 4.94. The molecule has 2 heterocycles. The largest absolute Gasteiger partial charge is 0.463 e. The van der Waals surface area contributed by atoms with Crippen molar-refractivity contribution in [2.24, 2.45) is 0 Å². The molecule has 138 valence electrons. The van der Waals surface area contributed by atoms with E-state index in [4.69, 9.17) is 14.5 Å². The topological polar surface area (TPSA) is 115 Å². The van der Waals surface area contributed by atoms with E-state index < -0.39 is 17.7 Å². The highest BCUT2D eigenvalue weighted by Crippen LogP contribution is 2.41. The number of fused-ring (bicyclic) bond motifs is 1. The van der Waals surface area contributed by atoms with E-state index in [1.54, 1.807) is 45.1 Å². The maximum Gasteiger partial charge on any atom is 0.336 e. The lowest BCUT2D eigenvalue weighted by Crippen LogP contribution is -2.31. The van der Waals surface area contributed by atoms with E-state index in [0.29, 0.717) is 28.0 Å². The summed E-state index contributed by atoms with van der Waals surface area (Å²) in [5, 5.41) is 19.7. The summed E-state index contributed by atoms with van der Waals surface area (Å²) in [6.45, 7) is 5.31. The van der Waals surface area contributed by atoms with Crippen molar-refractivity contribution in [3.05, 3.63) is 46.3 Å². The lowest BCUT2D eigenvalue weighted by molar-refractivity contribution is -0.138. The van der Waals surface area contributed by atoms with Crippen molar-refractivity contribution < 1.29 is 24.1 Å². The number of hydrogen-bond acceptors (Lipinski definition) is 8. The SMILES string of the molecule is CCOC(=O)C1=C(C)NC(C)=C(C(=O)C#CO)C1c1cccc2nonc12. The van der Waals surface area contributed by atoms with E-state index in [-0.39, 0.29) is 17.8 Å². The van der Waals surface area contributed by atoms with Crippen LogP contribution in [0.4, 0.5) is 0 Å². The van der Waals surface area contributed by atoms with Crippen molar-refractivity contribution in [3.8, 4) is 12.0 Å². The normalized spacial score (nSPS) is 16.6. The Labute approximate surface area is 154 Å². The number of aromatic nitrogens is 2. The van der Waals surface area contributed by atoms with Crippen LogP contribution in [-0.2, 0) is 14.3 Å². The zero-order valence-corrected chi connectivity index (χ0v) is 15.0. The summed E-state index contributed by atoms with van der Waals surface area (Å²) in [5.74, 6) is 0.156. The van der Waals surface area contributed by atoms with E-state index in [1.807, 2.05) is 0 Å². The van der Waals surface area contributed by atoms with Crippen molar-refractivity contribution in [3.63, 3.8) is 0 Å². The van der Waals surface area contributed by atoms with Crippen molar-refractivity contribution in [2.75, 3.05) is 6.61 Å². The third-order valence-electron chi connectivity index (χ3n) is 4.30. The maximum atomic E-state index is 12.7. The molecular weight excluding hydrogens is 350 g/mol. The molecule has 1 aliphatic rings. The first-order valence-electron chi connectivity index (χ1n) is 8.25. The highest BCUT2D eigenvalue weighted by Gasteiger charge is 2.38. The minimum atomic E-state index is -0.797. The molecule has 1 aromatic heterocycles. The van der Waals surface area contributed by atoms with Gasteiger partial charge in [0.25, 0.3) is 0 Å². The van der Waals surface area contributed by atoms with Crippen LogP contribution in [0.15, 0.2) is 45.4 Å². The smallest absolute Gasteiger partial charge is 0.336 e. The predicted octanol–water partition coefficient (Wildman–Crippen LogP) is 1.92. The Balaban J connectivity index is 2.29. The Morgan fingerprint density at radius 1 is 1.26 bits per heavy atom. The zero-order valence-electron chi connectivity index (χ0n) is 15.0. The fraction of sp³-hybridized carbons (Fsp3) is 0.263. The van der Waals surface area contributed by atoms with Gasteiger partial charge in [0.15, 0.2) is 0 Å². The number of benzene rings is 1. The van der Waals surface area contributed by atoms with Crippen LogP contribution >= 0.6 is 0 Å². The molecule has 1 aromatic carbocycles. The molecule has 27 heavy (non-hydrogen) atoms. The second kappa shape index (κ2) is 7.33. The van der Waals surface area contributed by atoms with Gasteiger partial charge in [-0.25, -0.2) is 9.42 Å². The number of aliphatic hydroxyl groups is 1. The number of aliphatic hydroxyl groups excluding tert-OH is 1. The van der Waals surface area contributed by atoms with Gasteiger partial charge >= 0.3 is 5.97 Å². The average Bonchev–Trinajstić information content (AvgIpc) is 3.10. The number of nitrogens with zero attached hydrogens (tertiary/aromatic N) is 2. The second-order valence-corrected chi connectivity index (χ2v) is 5.90. The minimum Gasteiger partial charge on any atom is -0.463 e. The summed E-state index contributed by atoms with van der Waals surface area (Å²) in [4.78, 5) is 25.3. The summed E-state index contributed by atoms with van der Waals surface area (Å²) in [5.41, 5.74) is 3.03. The molecule has 2 aromatic rings. The van der Waals surface area contributed by atoms with Crippen molar-refractivity contribution in [2.45, 2.75) is 26.7 Å². The molecule has 0 radical (unpaired) electrons. The van der Waals surface area contributed by atoms with Crippen molar-refractivity contribution in [1.82, 2.24) is 15.6 Å². The number of allylic oxidation sites excluding steroid dienone is 3. The summed E-state index contributed by atoms with van der Waals surface area (Å²) in [7, 11) is 0. The van der Waals surface area contributed by atoms with Crippen LogP contribution in [0.1, 0.15) is 32.3 Å². The Morgan fingerprint density at radius 3 is 2.70 bits per heavy atom. The number of rotatable bonds is 4. The molecule has 0 saturated carbocycles. The summed E-state index contributed by atoms with van der Waals surface area (Å²) in [6.07, 6.45) is 1.63. The monoisotopic (exact) mass is 367 g/mol. The maximum absolute atomic E-state index is 12.7. The Morgan fingerprint density at radius 2 is 2.00 bits per heavy atom. The molecule has 0 fully saturated rings. The molecule has 0 saturated heterocycles. The van der Waals surface area contributed by atoms with Gasteiger partial charge in [-0.1, -0.05) is 12.1 Å². The highest BCUT2D eigenvalue weighted by atomic mass is 16.6. The van der Waals surface area contributed by atoms with Gasteiger partial charge in [0.2, 0.25) is 5.78 Å². The van der Waals surface area contributed by atoms with Gasteiger partial charge in [-0.05, 0) is 42.7 Å². The van der Waals surface area contributed by atoms with E-state index in [9.17, 15) is 9.59 Å². The molecule has 0 spiro atoms. The molecule has 8 nitrogen and oxygen atoms in total. The molecule has 1 unspecified atom stereocenters. The molecule has 0 aliphatic carbocycles. The zero-order chi connectivity index (χ0) is 19.6. The predicted molar refractivity (Wildman–Crippen MR) is 94.4 cm³/mol. The number of esters is 1. The third kappa shape index (κ3) is 3.15. The molecule has 0 bridgehead atoms. The number of nitrogens with one attached hydrogen (secondary N) is 1. The lowest BCUT2D eigenvalue weighted by atomic mass is 9.78. The summed E-state index contributed by atoms with van der Waals surface area (Å²) in [6, 6.07) is 5.18. The van der Waals surface area contributed by atoms with Crippen LogP contribution in [0.2, 0.25) is 0 Å². The number of dihydropyridines is 1. The summed E-state index contributed by atoms with van der Waals surface area (Å²) < 4.78 is 10.0. The number of hydrogen-bond donors (Lipinski definition) is 2. The van der Waals surface area contributed by atoms with Crippen LogP contribution in [0.3, 0.4) is 0 Å². The van der Waals surface area contributed by atoms with Gasteiger partial charge < -0.3 is 15.2 Å². The highest BCUT2D eigenvalue weighted by molar-refractivity contribution is 6.12. The number of carbonyl (C=O) groups is 2. The van der Waals surface area contributed by atoms with Gasteiger partial charge in [-0.15, -0.1) is 0 Å². The first-order valence-corrected chi connectivity index (χ1v) is 8.25. The minimum absolute atomic E-state index is 0.181. The molecular formula is C19H17N3O5. The molecule has 8 heteroatoms. The van der Waals surface area contributed by atoms with Crippen LogP contribution < -0.4 is 5.32 Å². The third-order valence-corrected chi connectivity index (χ3v) is 4.30. The quantitative estimate of drug-likeness (QED) is 0.622. The van der Waals surface area contributed by atoms with Gasteiger partial charge in [-0.2, -0.15) is 0 Å². The molecule has 1 atom stereocenters. The molecule has 0 amide bonds. The van der Waals surface area contributed by atoms with Crippen molar-refractivity contribution in [1.29, 1.82) is 0 Å². The first-order chi connectivity index (χ1) is 13.0. The van der Waals surface area contributed by atoms with E-state index in [2.05, 4.69) is 21.6 Å². The van der Waals surface area contributed by atoms with Crippen molar-refractivity contribution >= 4 is 22.8 Å². The fourth-order valence-electron chi connectivity index (χ4n) is 3.26. The van der Waals surface area contributed by atoms with E-state index >= 15 is 0 Å². The number of Topliss-reactive ketones (excluding diaryl/α,β-unsaturated/α-hetero) is 1. The fourth-order valence-corrected chi connectivity index (χ4v) is 3.26. The number of carbonyl (C=O) groups excluding carboxylic acids is 2. The van der Waals surface area contributed by atoms with Crippen LogP contribution in [0.5, 0.6) is 0 Å². The van der Waals surface area contributed by atoms with Gasteiger partial charge in [-0.3, -0.25) is 4.79 Å². The number of ether oxygens (including phenoxy) is 1. The number of ketones is 1. The van der Waals surface area contributed by atoms with Crippen LogP contribution in [-0.4, -0.2) is 33.8 Å². The molecule has 3 rings (SSSR count). The molecule has 2 N–H and O–H groups in total. The van der Waals surface area contributed by atoms with E-state index in [0.717, 1.165) is 0 Å². The van der Waals surface area contributed by atoms with Gasteiger partial charge in [0.1, 0.15) is 17.1 Å². The average molecular weight is 367 g/mol. The standard InChI is InChI=1S/C19H17N3O5/c1-4-26-19(25)16-11(3)20-10(2)15(14(24)8-9-23)17(16)12-6-5-7-13-18(12)22-27-21-13/h5-7,17,20,23H,4H2,1-3H3. The van der Waals surface area contributed by atoms with Crippen LogP contribution in [0.25, 0.3) is 11.0 Å². The molecule has 1 aliphatic heterocycles. The Hall–Kier alpha value is -3.60. The van der Waals surface area contributed by atoms with Gasteiger partial charge in [0.05, 0.1) is 18.1 Å². The van der Waals surface area contributed by atoms with Gasteiger partial charge in [0, 0.05) is 22.9 Å². The van der Waals surface area contributed by atoms with E-state index in [1.165, 1.54) is 0 Å². The lowest BCUT2D eigenvalue weighted by Gasteiger charge is -2.30. The first kappa shape index (κ1) is 18.2. The Bertz CT molecular complexity index is 1050. The van der Waals surface area contributed by atoms with Crippen LogP contribution in [0, 0.1) is 12.0 Å². The second-order valence-electron chi connectivity index (χ2n) is 5.90.